The lowest BCUT2D eigenvalue weighted by atomic mass is 9.77. The molecule has 1 fully saturated rings. The highest BCUT2D eigenvalue weighted by Gasteiger charge is 2.55. The number of methoxy groups -OCH3 is 1. The number of esters is 2. The van der Waals surface area contributed by atoms with Crippen molar-refractivity contribution in [2.24, 2.45) is 5.16 Å². The molecule has 0 bridgehead atoms. The molecule has 2 aliphatic heterocycles. The van der Waals surface area contributed by atoms with Gasteiger partial charge in [-0.1, -0.05) is 108 Å². The van der Waals surface area contributed by atoms with Crippen molar-refractivity contribution in [1.82, 2.24) is 15.2 Å². The zero-order valence-electron chi connectivity index (χ0n) is 52.2. The Kier molecular flexibility index (Phi) is 20.1. The number of anilines is 1. The second-order valence-corrected chi connectivity index (χ2v) is 28.8. The number of rotatable bonds is 20. The molecule has 7 aromatic rings. The molecule has 91 heavy (non-hydrogen) atoms. The minimum absolute atomic E-state index is 0.0457. The van der Waals surface area contributed by atoms with Crippen LogP contribution in [0.25, 0.3) is 10.1 Å². The summed E-state index contributed by atoms with van der Waals surface area (Å²) in [4.78, 5) is 110. The number of aromatic nitrogens is 1. The molecular weight excluding hydrogens is 1240 g/mol. The maximum Gasteiger partial charge on any atom is 0.514 e. The Bertz CT molecular complexity index is 3890. The van der Waals surface area contributed by atoms with E-state index in [-0.39, 0.29) is 52.1 Å². The molecule has 476 valence electrons. The van der Waals surface area contributed by atoms with Crippen LogP contribution in [0.4, 0.5) is 14.7 Å². The number of fused-ring (bicyclic) bond motifs is 2. The van der Waals surface area contributed by atoms with E-state index in [0.29, 0.717) is 30.9 Å². The first-order valence-electron chi connectivity index (χ1n) is 28.7. The number of thioether (sulfide) groups is 2. The van der Waals surface area contributed by atoms with Gasteiger partial charge in [-0.15, -0.1) is 46.2 Å². The number of benzene rings is 5. The molecule has 9 rings (SSSR count). The van der Waals surface area contributed by atoms with Crippen LogP contribution in [0.1, 0.15) is 104 Å². The first-order valence-corrected chi connectivity index (χ1v) is 32.5. The fourth-order valence-electron chi connectivity index (χ4n) is 9.37. The fraction of sp³-hybridized carbons (Fsp3) is 0.328. The van der Waals surface area contributed by atoms with Gasteiger partial charge in [0.1, 0.15) is 57.5 Å². The number of carbonyl (C=O) groups excluding carboxylic acids is 6. The van der Waals surface area contributed by atoms with Gasteiger partial charge >= 0.3 is 24.2 Å². The lowest BCUT2D eigenvalue weighted by Crippen LogP contribution is -2.71. The Labute approximate surface area is 543 Å². The third-order valence-electron chi connectivity index (χ3n) is 13.5. The number of nitrogens with one attached hydrogen (secondary N) is 2. The van der Waals surface area contributed by atoms with Gasteiger partial charge in [-0.2, -0.15) is 0 Å². The van der Waals surface area contributed by atoms with Crippen LogP contribution in [0.15, 0.2) is 164 Å². The first kappa shape index (κ1) is 66.7. The number of carbonyl (C=O) groups is 6. The van der Waals surface area contributed by atoms with E-state index in [1.165, 1.54) is 78.9 Å². The average Bonchev–Trinajstić information content (AvgIpc) is 0.955. The Hall–Kier alpha value is -8.71. The van der Waals surface area contributed by atoms with Crippen molar-refractivity contribution in [2.75, 3.05) is 23.9 Å². The van der Waals surface area contributed by atoms with Crippen molar-refractivity contribution < 1.29 is 66.8 Å². The second-order valence-electron chi connectivity index (χ2n) is 24.4. The van der Waals surface area contributed by atoms with E-state index in [1.807, 2.05) is 91.0 Å². The number of amides is 2. The van der Waals surface area contributed by atoms with Gasteiger partial charge in [-0.3, -0.25) is 19.3 Å². The van der Waals surface area contributed by atoms with Crippen LogP contribution in [-0.2, 0) is 55.1 Å². The molecule has 4 heterocycles. The second kappa shape index (κ2) is 27.4. The van der Waals surface area contributed by atoms with E-state index in [4.69, 9.17) is 43.0 Å². The Morgan fingerprint density at radius 1 is 0.703 bits per heavy atom. The van der Waals surface area contributed by atoms with Crippen molar-refractivity contribution in [3.05, 3.63) is 188 Å². The standard InChI is InChI=1S/C67H69N5O15S4/c1-63(2,3)84-59(77)66(10,11)87-71-52(46-38-90-60(68-46)70-67(41-22-16-13-17-23-41,42-24-18-14-19-25-42)43-26-20-15-21-27-43)55(74)69-53-56(75)72-54(58(76)81-35-39-28-30-44(80-12)31-29-39)40(37-89-57(53)72)36-88-51-33-47(73)45-32-48(82-61(78)85-64(4,5)6)49(34-50(45)91-51)83-62(79)86-65(7,8)9/h13-34,38,53,57H,35-37H2,1-12H3,(H,68,70)(H,69,74)/b71-52-/t53?,57-/m0/s1. The van der Waals surface area contributed by atoms with Gasteiger partial charge in [0, 0.05) is 39.1 Å². The topological polar surface area (TPSA) is 246 Å². The van der Waals surface area contributed by atoms with Crippen molar-refractivity contribution in [1.29, 1.82) is 0 Å². The number of nitrogens with zero attached hydrogens (tertiary/aromatic N) is 3. The highest BCUT2D eigenvalue weighted by molar-refractivity contribution is 8.02. The quantitative estimate of drug-likeness (QED) is 0.0105. The van der Waals surface area contributed by atoms with Gasteiger partial charge in [0.15, 0.2) is 27.8 Å². The number of thiazole rings is 1. The van der Waals surface area contributed by atoms with Crippen molar-refractivity contribution in [3.63, 3.8) is 0 Å². The van der Waals surface area contributed by atoms with Gasteiger partial charge < -0.3 is 48.6 Å². The van der Waals surface area contributed by atoms with Gasteiger partial charge in [0.25, 0.3) is 11.8 Å². The lowest BCUT2D eigenvalue weighted by molar-refractivity contribution is -0.179. The maximum atomic E-state index is 15.0. The Morgan fingerprint density at radius 2 is 1.25 bits per heavy atom. The molecular formula is C67H69N5O15S4. The van der Waals surface area contributed by atoms with Gasteiger partial charge in [0.2, 0.25) is 5.60 Å². The minimum atomic E-state index is -1.72. The number of hydrogen-bond acceptors (Lipinski definition) is 22. The molecule has 0 spiro atoms. The van der Waals surface area contributed by atoms with Gasteiger partial charge in [-0.05, 0) is 122 Å². The molecule has 2 N–H and O–H groups in total. The van der Waals surface area contributed by atoms with E-state index in [0.717, 1.165) is 28.0 Å². The molecule has 20 nitrogen and oxygen atoms in total. The molecule has 2 aromatic heterocycles. The third kappa shape index (κ3) is 16.3. The zero-order chi connectivity index (χ0) is 65.6. The molecule has 1 unspecified atom stereocenters. The number of oxime groups is 1. The summed E-state index contributed by atoms with van der Waals surface area (Å²) in [6.07, 6.45) is -2.19. The molecule has 0 saturated carbocycles. The van der Waals surface area contributed by atoms with Crippen LogP contribution < -0.4 is 30.3 Å². The minimum Gasteiger partial charge on any atom is -0.497 e. The molecule has 24 heteroatoms. The summed E-state index contributed by atoms with van der Waals surface area (Å²) < 4.78 is 39.4. The largest absolute Gasteiger partial charge is 0.514 e. The van der Waals surface area contributed by atoms with Crippen LogP contribution in [0.5, 0.6) is 17.2 Å². The van der Waals surface area contributed by atoms with Crippen LogP contribution >= 0.6 is 46.2 Å². The number of β-lactam (4-membered cyclic amide) rings is 1. The summed E-state index contributed by atoms with van der Waals surface area (Å²) in [5, 5.41) is 12.2. The predicted molar refractivity (Wildman–Crippen MR) is 350 cm³/mol. The highest BCUT2D eigenvalue weighted by atomic mass is 32.2. The zero-order valence-corrected chi connectivity index (χ0v) is 55.4. The Morgan fingerprint density at radius 3 is 1.79 bits per heavy atom. The van der Waals surface area contributed by atoms with Crippen LogP contribution in [0.2, 0.25) is 0 Å². The summed E-state index contributed by atoms with van der Waals surface area (Å²) in [5.41, 5.74) is -2.51. The van der Waals surface area contributed by atoms with Gasteiger partial charge in [0.05, 0.1) is 11.3 Å². The molecule has 2 aliphatic rings. The van der Waals surface area contributed by atoms with E-state index in [2.05, 4.69) is 15.8 Å². The van der Waals surface area contributed by atoms with Crippen molar-refractivity contribution in [2.45, 2.75) is 126 Å². The summed E-state index contributed by atoms with van der Waals surface area (Å²) in [6.45, 7) is 17.7. The summed E-state index contributed by atoms with van der Waals surface area (Å²) in [6, 6.07) is 39.3. The number of hydrogen-bond donors (Lipinski definition) is 2. The molecule has 2 atom stereocenters. The van der Waals surface area contributed by atoms with Crippen molar-refractivity contribution >= 4 is 103 Å². The van der Waals surface area contributed by atoms with Crippen LogP contribution in [0, 0.1) is 0 Å². The first-order chi connectivity index (χ1) is 43.0. The third-order valence-corrected chi connectivity index (χ3v) is 18.0. The molecule has 2 amide bonds. The number of ether oxygens (including phenoxy) is 7. The van der Waals surface area contributed by atoms with Crippen LogP contribution in [0.3, 0.4) is 0 Å². The van der Waals surface area contributed by atoms with E-state index < -0.39 is 80.9 Å². The molecule has 0 radical (unpaired) electrons. The van der Waals surface area contributed by atoms with Crippen molar-refractivity contribution in [3.8, 4) is 17.2 Å². The van der Waals surface area contributed by atoms with E-state index in [1.54, 1.807) is 92.0 Å². The normalized spacial score (nSPS) is 15.4. The molecule has 0 aliphatic carbocycles. The monoisotopic (exact) mass is 1310 g/mol. The van der Waals surface area contributed by atoms with E-state index in [9.17, 15) is 33.6 Å². The fourth-order valence-corrected chi connectivity index (χ4v) is 13.8. The molecule has 5 aromatic carbocycles. The summed E-state index contributed by atoms with van der Waals surface area (Å²) >= 11 is 4.84. The summed E-state index contributed by atoms with van der Waals surface area (Å²) in [5.74, 6) is -2.73. The Balaban J connectivity index is 1.03. The summed E-state index contributed by atoms with van der Waals surface area (Å²) in [7, 11) is 1.53. The van der Waals surface area contributed by atoms with E-state index >= 15 is 0 Å². The highest BCUT2D eigenvalue weighted by Crippen LogP contribution is 2.45. The average molecular weight is 1310 g/mol. The molecule has 1 saturated heterocycles. The van der Waals surface area contributed by atoms with Gasteiger partial charge in [-0.25, -0.2) is 24.2 Å². The lowest BCUT2D eigenvalue weighted by Gasteiger charge is -2.49. The SMILES string of the molecule is COc1ccc(COC(=O)C2=C(CSc3cc(=O)c4cc(OC(=O)OC(C)(C)C)c(OC(=O)OC(C)(C)C)cc4s3)CS[C@H]3C(NC(=O)/C(=N\OC(C)(C)C(=O)OC(C)(C)C)c4csc(NC(c5ccccc5)(c5ccccc5)c5ccccc5)n4)C(=O)N23)cc1. The smallest absolute Gasteiger partial charge is 0.497 e. The predicted octanol–water partition coefficient (Wildman–Crippen LogP) is 12.8. The van der Waals surface area contributed by atoms with Crippen LogP contribution in [-0.4, -0.2) is 104 Å². The maximum absolute atomic E-state index is 15.0.